The van der Waals surface area contributed by atoms with E-state index in [1.807, 2.05) is 18.2 Å². The quantitative estimate of drug-likeness (QED) is 0.229. The Labute approximate surface area is 230 Å². The summed E-state index contributed by atoms with van der Waals surface area (Å²) in [5.41, 5.74) is 6.27. The molecule has 4 N–H and O–H groups in total. The maximum atomic E-state index is 13.7. The zero-order valence-corrected chi connectivity index (χ0v) is 22.4. The minimum absolute atomic E-state index is 0.111. The van der Waals surface area contributed by atoms with E-state index < -0.39 is 11.9 Å². The maximum absolute atomic E-state index is 13.7. The second-order valence-corrected chi connectivity index (χ2v) is 10.4. The summed E-state index contributed by atoms with van der Waals surface area (Å²) in [4.78, 5) is 17.0. The van der Waals surface area contributed by atoms with Gasteiger partial charge in [-0.3, -0.25) is 0 Å². The number of fused-ring (bicyclic) bond motifs is 1. The number of ether oxygens (including phenoxy) is 1. The average molecular weight is 552 g/mol. The molecule has 1 aliphatic rings. The molecule has 0 aliphatic carbocycles. The molecule has 0 bridgehead atoms. The highest BCUT2D eigenvalue weighted by Gasteiger charge is 2.34. The normalized spacial score (nSPS) is 16.7. The van der Waals surface area contributed by atoms with Gasteiger partial charge in [-0.25, -0.2) is 19.9 Å². The largest absolute Gasteiger partial charge is 0.437 e. The highest BCUT2D eigenvalue weighted by Crippen LogP contribution is 2.35. The van der Waals surface area contributed by atoms with E-state index in [1.165, 1.54) is 12.4 Å². The van der Waals surface area contributed by atoms with Crippen molar-refractivity contribution in [1.82, 2.24) is 25.3 Å². The van der Waals surface area contributed by atoms with Crippen LogP contribution in [0, 0.1) is 5.92 Å². The van der Waals surface area contributed by atoms with E-state index in [0.29, 0.717) is 34.3 Å². The fourth-order valence-electron chi connectivity index (χ4n) is 5.04. The van der Waals surface area contributed by atoms with Crippen LogP contribution in [0.2, 0.25) is 0 Å². The highest BCUT2D eigenvalue weighted by atomic mass is 19.4. The van der Waals surface area contributed by atoms with Gasteiger partial charge < -0.3 is 21.1 Å². The Bertz CT molecular complexity index is 1470. The highest BCUT2D eigenvalue weighted by molar-refractivity contribution is 5.86. The van der Waals surface area contributed by atoms with Gasteiger partial charge in [0, 0.05) is 29.1 Å². The van der Waals surface area contributed by atoms with Gasteiger partial charge in [-0.15, -0.1) is 0 Å². The number of aromatic nitrogens is 4. The summed E-state index contributed by atoms with van der Waals surface area (Å²) >= 11 is 0. The van der Waals surface area contributed by atoms with Crippen LogP contribution >= 0.6 is 0 Å². The third kappa shape index (κ3) is 6.41. The van der Waals surface area contributed by atoms with Crippen LogP contribution in [0.1, 0.15) is 45.2 Å². The van der Waals surface area contributed by atoms with Crippen LogP contribution in [-0.2, 0) is 6.18 Å². The molecule has 11 heteroatoms. The number of halogens is 3. The molecule has 1 aliphatic heterocycles. The third-order valence-corrected chi connectivity index (χ3v) is 6.90. The number of benzene rings is 1. The number of alkyl halides is 3. The van der Waals surface area contributed by atoms with Crippen LogP contribution in [0.15, 0.2) is 54.9 Å². The van der Waals surface area contributed by atoms with Gasteiger partial charge in [-0.2, -0.15) is 13.2 Å². The standard InChI is InChI=1S/C29H32F3N7O/c1-17(2)14-22(20-7-3-4-13-34-20)37-28-19(10-11-24(38-28)29(30,31)32)21-15-26(36-16-35-21)40-23-8-5-6-18-9-12-25(33)39-27(18)23/h5-6,8-12,15-17,20,22,34H,3-4,7,13-14H2,1-2H3,(H2,33,39)(H,37,38). The van der Waals surface area contributed by atoms with Crippen molar-refractivity contribution >= 4 is 22.5 Å². The van der Waals surface area contributed by atoms with Crippen molar-refractivity contribution in [3.63, 3.8) is 0 Å². The summed E-state index contributed by atoms with van der Waals surface area (Å²) in [6.07, 6.45) is 0.582. The maximum Gasteiger partial charge on any atom is 0.433 e. The Hall–Kier alpha value is -3.99. The van der Waals surface area contributed by atoms with Crippen LogP contribution in [0.3, 0.4) is 0 Å². The summed E-state index contributed by atoms with van der Waals surface area (Å²) in [5.74, 6) is 1.45. The number of hydrogen-bond acceptors (Lipinski definition) is 8. The fraction of sp³-hybridized carbons (Fsp3) is 0.379. The number of nitrogens with two attached hydrogens (primary N) is 1. The van der Waals surface area contributed by atoms with Crippen LogP contribution in [0.25, 0.3) is 22.2 Å². The molecule has 40 heavy (non-hydrogen) atoms. The molecule has 5 rings (SSSR count). The van der Waals surface area contributed by atoms with E-state index in [9.17, 15) is 13.2 Å². The summed E-state index contributed by atoms with van der Waals surface area (Å²) in [7, 11) is 0. The van der Waals surface area contributed by atoms with Gasteiger partial charge in [0.05, 0.1) is 5.69 Å². The predicted octanol–water partition coefficient (Wildman–Crippen LogP) is 6.45. The number of nitrogens with zero attached hydrogens (tertiary/aromatic N) is 4. The first-order chi connectivity index (χ1) is 19.2. The van der Waals surface area contributed by atoms with Crippen molar-refractivity contribution in [2.75, 3.05) is 17.6 Å². The van der Waals surface area contributed by atoms with E-state index in [2.05, 4.69) is 44.4 Å². The molecular weight excluding hydrogens is 519 g/mol. The molecule has 4 heterocycles. The molecule has 210 valence electrons. The number of anilines is 2. The minimum atomic E-state index is -4.59. The van der Waals surface area contributed by atoms with Crippen molar-refractivity contribution in [3.8, 4) is 22.9 Å². The van der Waals surface area contributed by atoms with Gasteiger partial charge in [0.1, 0.15) is 29.2 Å². The van der Waals surface area contributed by atoms with Crippen LogP contribution in [-0.4, -0.2) is 38.6 Å². The summed E-state index contributed by atoms with van der Waals surface area (Å²) in [6, 6.07) is 13.0. The smallest absolute Gasteiger partial charge is 0.433 e. The number of pyridine rings is 2. The van der Waals surface area contributed by atoms with Crippen molar-refractivity contribution in [2.24, 2.45) is 5.92 Å². The Morgan fingerprint density at radius 2 is 1.93 bits per heavy atom. The van der Waals surface area contributed by atoms with Gasteiger partial charge in [0.15, 0.2) is 5.75 Å². The molecule has 4 aromatic rings. The van der Waals surface area contributed by atoms with E-state index in [4.69, 9.17) is 10.5 Å². The Morgan fingerprint density at radius 3 is 2.67 bits per heavy atom. The van der Waals surface area contributed by atoms with E-state index in [-0.39, 0.29) is 23.8 Å². The first kappa shape index (κ1) is 27.6. The zero-order valence-electron chi connectivity index (χ0n) is 22.4. The third-order valence-electron chi connectivity index (χ3n) is 6.90. The molecule has 0 spiro atoms. The molecule has 0 radical (unpaired) electrons. The summed E-state index contributed by atoms with van der Waals surface area (Å²) < 4.78 is 47.2. The molecule has 2 atom stereocenters. The van der Waals surface area contributed by atoms with E-state index in [1.54, 1.807) is 18.2 Å². The number of nitrogen functional groups attached to an aromatic ring is 1. The van der Waals surface area contributed by atoms with Crippen LogP contribution < -0.4 is 21.1 Å². The lowest BCUT2D eigenvalue weighted by Gasteiger charge is -2.34. The van der Waals surface area contributed by atoms with Gasteiger partial charge >= 0.3 is 6.18 Å². The predicted molar refractivity (Wildman–Crippen MR) is 149 cm³/mol. The van der Waals surface area contributed by atoms with Crippen LogP contribution in [0.4, 0.5) is 24.8 Å². The molecule has 1 saturated heterocycles. The molecule has 2 unspecified atom stereocenters. The lowest BCUT2D eigenvalue weighted by molar-refractivity contribution is -0.141. The number of para-hydroxylation sites is 1. The molecule has 3 aromatic heterocycles. The van der Waals surface area contributed by atoms with Gasteiger partial charge in [0.25, 0.3) is 0 Å². The summed E-state index contributed by atoms with van der Waals surface area (Å²) in [6.45, 7) is 5.08. The van der Waals surface area contributed by atoms with Gasteiger partial charge in [-0.1, -0.05) is 32.4 Å². The minimum Gasteiger partial charge on any atom is -0.437 e. The second-order valence-electron chi connectivity index (χ2n) is 10.4. The Balaban J connectivity index is 1.51. The second kappa shape index (κ2) is 11.6. The van der Waals surface area contributed by atoms with Crippen molar-refractivity contribution in [3.05, 3.63) is 60.6 Å². The van der Waals surface area contributed by atoms with Gasteiger partial charge in [-0.05, 0) is 62.1 Å². The Kier molecular flexibility index (Phi) is 8.02. The topological polar surface area (TPSA) is 111 Å². The van der Waals surface area contributed by atoms with E-state index in [0.717, 1.165) is 43.7 Å². The van der Waals surface area contributed by atoms with E-state index >= 15 is 0 Å². The Morgan fingerprint density at radius 1 is 1.07 bits per heavy atom. The lowest BCUT2D eigenvalue weighted by Crippen LogP contribution is -2.47. The zero-order chi connectivity index (χ0) is 28.3. The van der Waals surface area contributed by atoms with Crippen LogP contribution in [0.5, 0.6) is 11.6 Å². The SMILES string of the molecule is CC(C)CC(Nc1nc(C(F)(F)F)ccc1-c1cc(Oc2cccc3ccc(N)nc23)ncn1)C1CCCCN1. The fourth-order valence-corrected chi connectivity index (χ4v) is 5.04. The average Bonchev–Trinajstić information content (AvgIpc) is 2.93. The number of piperidine rings is 1. The molecule has 1 fully saturated rings. The monoisotopic (exact) mass is 551 g/mol. The first-order valence-corrected chi connectivity index (χ1v) is 13.4. The molecule has 8 nitrogen and oxygen atoms in total. The van der Waals surface area contributed by atoms with Crippen molar-refractivity contribution in [2.45, 2.75) is 57.8 Å². The summed E-state index contributed by atoms with van der Waals surface area (Å²) in [5, 5.41) is 7.73. The lowest BCUT2D eigenvalue weighted by atomic mass is 9.91. The van der Waals surface area contributed by atoms with Gasteiger partial charge in [0.2, 0.25) is 5.88 Å². The molecule has 0 saturated carbocycles. The number of hydrogen-bond donors (Lipinski definition) is 3. The molecule has 1 aromatic carbocycles. The molecular formula is C29H32F3N7O. The number of nitrogens with one attached hydrogen (secondary N) is 2. The molecule has 0 amide bonds. The van der Waals surface area contributed by atoms with Crippen molar-refractivity contribution < 1.29 is 17.9 Å². The van der Waals surface area contributed by atoms with Crippen molar-refractivity contribution in [1.29, 1.82) is 0 Å². The first-order valence-electron chi connectivity index (χ1n) is 13.4. The number of rotatable bonds is 8.